The van der Waals surface area contributed by atoms with Gasteiger partial charge in [-0.25, -0.2) is 4.99 Å². The summed E-state index contributed by atoms with van der Waals surface area (Å²) in [5, 5.41) is 5.93. The van der Waals surface area contributed by atoms with Crippen LogP contribution in [-0.2, 0) is 6.54 Å². The highest BCUT2D eigenvalue weighted by molar-refractivity contribution is 5.94. The molecule has 21 heavy (non-hydrogen) atoms. The van der Waals surface area contributed by atoms with Crippen molar-refractivity contribution in [2.45, 2.75) is 33.7 Å². The number of hydrogen-bond donors (Lipinski definition) is 3. The van der Waals surface area contributed by atoms with E-state index in [0.717, 1.165) is 18.5 Å². The molecule has 5 heteroatoms. The van der Waals surface area contributed by atoms with Crippen molar-refractivity contribution in [1.82, 2.24) is 10.6 Å². The summed E-state index contributed by atoms with van der Waals surface area (Å²) in [6, 6.07) is 7.46. The summed E-state index contributed by atoms with van der Waals surface area (Å²) in [5.74, 6) is 0.905. The number of guanidine groups is 1. The maximum atomic E-state index is 11.9. The molecule has 0 radical (unpaired) electrons. The van der Waals surface area contributed by atoms with Gasteiger partial charge in [0.25, 0.3) is 5.91 Å². The minimum absolute atomic E-state index is 0.0476. The number of rotatable bonds is 7. The number of carbonyl (C=O) groups excluding carboxylic acids is 1. The number of aliphatic imine (C=N–C) groups is 1. The number of nitrogens with two attached hydrogens (primary N) is 1. The fourth-order valence-corrected chi connectivity index (χ4v) is 1.69. The van der Waals surface area contributed by atoms with E-state index >= 15 is 0 Å². The summed E-state index contributed by atoms with van der Waals surface area (Å²) < 4.78 is 0. The van der Waals surface area contributed by atoms with Gasteiger partial charge in [0.2, 0.25) is 0 Å². The lowest BCUT2D eigenvalue weighted by molar-refractivity contribution is 0.0953. The molecule has 116 valence electrons. The first-order valence-corrected chi connectivity index (χ1v) is 7.43. The van der Waals surface area contributed by atoms with E-state index in [-0.39, 0.29) is 5.91 Å². The van der Waals surface area contributed by atoms with Gasteiger partial charge >= 0.3 is 0 Å². The van der Waals surface area contributed by atoms with Crippen LogP contribution < -0.4 is 16.4 Å². The minimum atomic E-state index is -0.0476. The second-order valence-electron chi connectivity index (χ2n) is 5.43. The molecule has 0 aromatic heterocycles. The van der Waals surface area contributed by atoms with Crippen molar-refractivity contribution in [3.63, 3.8) is 0 Å². The average Bonchev–Trinajstić information content (AvgIpc) is 2.48. The lowest BCUT2D eigenvalue weighted by atomic mass is 10.1. The van der Waals surface area contributed by atoms with E-state index in [4.69, 9.17) is 5.73 Å². The maximum Gasteiger partial charge on any atom is 0.251 e. The third-order valence-electron chi connectivity index (χ3n) is 2.85. The molecule has 0 aliphatic rings. The summed E-state index contributed by atoms with van der Waals surface area (Å²) >= 11 is 0. The molecule has 4 N–H and O–H groups in total. The first-order valence-electron chi connectivity index (χ1n) is 7.43. The molecule has 1 amide bonds. The number of nitrogens with one attached hydrogen (secondary N) is 2. The molecule has 0 unspecified atom stereocenters. The summed E-state index contributed by atoms with van der Waals surface area (Å²) in [6.45, 7) is 8.20. The zero-order valence-electron chi connectivity index (χ0n) is 13.1. The molecule has 0 bridgehead atoms. The highest BCUT2D eigenvalue weighted by Gasteiger charge is 2.05. The predicted molar refractivity (Wildman–Crippen MR) is 87.2 cm³/mol. The van der Waals surface area contributed by atoms with E-state index in [2.05, 4.69) is 29.5 Å². The monoisotopic (exact) mass is 290 g/mol. The summed E-state index contributed by atoms with van der Waals surface area (Å²) in [7, 11) is 0. The maximum absolute atomic E-state index is 11.9. The van der Waals surface area contributed by atoms with Crippen molar-refractivity contribution in [3.8, 4) is 0 Å². The fraction of sp³-hybridized carbons (Fsp3) is 0.500. The topological polar surface area (TPSA) is 79.5 Å². The Morgan fingerprint density at radius 2 is 2.10 bits per heavy atom. The third-order valence-corrected chi connectivity index (χ3v) is 2.85. The molecule has 1 aromatic carbocycles. The molecule has 1 rings (SSSR count). The molecule has 0 aliphatic heterocycles. The molecule has 0 heterocycles. The Morgan fingerprint density at radius 3 is 2.76 bits per heavy atom. The van der Waals surface area contributed by atoms with Crippen LogP contribution in [0.25, 0.3) is 0 Å². The Bertz CT molecular complexity index is 483. The second kappa shape index (κ2) is 9.00. The molecule has 0 saturated carbocycles. The quantitative estimate of drug-likeness (QED) is 0.530. The highest BCUT2D eigenvalue weighted by atomic mass is 16.1. The zero-order chi connectivity index (χ0) is 15.7. The molecular weight excluding hydrogens is 264 g/mol. The van der Waals surface area contributed by atoms with E-state index < -0.39 is 0 Å². The van der Waals surface area contributed by atoms with E-state index in [9.17, 15) is 4.79 Å². The van der Waals surface area contributed by atoms with Gasteiger partial charge in [-0.3, -0.25) is 4.79 Å². The Balaban J connectivity index is 2.60. The number of carbonyl (C=O) groups is 1. The van der Waals surface area contributed by atoms with Crippen molar-refractivity contribution >= 4 is 11.9 Å². The molecular formula is C16H26N4O. The number of nitrogens with zero attached hydrogens (tertiary/aromatic N) is 1. The van der Waals surface area contributed by atoms with Crippen LogP contribution in [0.4, 0.5) is 0 Å². The molecule has 0 aliphatic carbocycles. The lowest BCUT2D eigenvalue weighted by Crippen LogP contribution is -2.34. The van der Waals surface area contributed by atoms with E-state index in [0.29, 0.717) is 30.5 Å². The average molecular weight is 290 g/mol. The van der Waals surface area contributed by atoms with Crippen LogP contribution in [0.15, 0.2) is 29.3 Å². The van der Waals surface area contributed by atoms with Crippen LogP contribution in [0.1, 0.15) is 43.1 Å². The Labute approximate surface area is 127 Å². The Morgan fingerprint density at radius 1 is 1.33 bits per heavy atom. The van der Waals surface area contributed by atoms with E-state index in [1.165, 1.54) is 0 Å². The first-order chi connectivity index (χ1) is 10.0. The minimum Gasteiger partial charge on any atom is -0.370 e. The van der Waals surface area contributed by atoms with Crippen LogP contribution in [0.5, 0.6) is 0 Å². The molecule has 0 fully saturated rings. The smallest absolute Gasteiger partial charge is 0.251 e. The van der Waals surface area contributed by atoms with Gasteiger partial charge in [-0.05, 0) is 30.0 Å². The van der Waals surface area contributed by atoms with Crippen LogP contribution in [0, 0.1) is 5.92 Å². The van der Waals surface area contributed by atoms with Gasteiger partial charge in [-0.15, -0.1) is 0 Å². The van der Waals surface area contributed by atoms with Crippen molar-refractivity contribution in [2.24, 2.45) is 16.6 Å². The zero-order valence-corrected chi connectivity index (χ0v) is 13.1. The van der Waals surface area contributed by atoms with Gasteiger partial charge in [0.15, 0.2) is 5.96 Å². The van der Waals surface area contributed by atoms with Crippen molar-refractivity contribution < 1.29 is 4.79 Å². The van der Waals surface area contributed by atoms with Crippen LogP contribution in [-0.4, -0.2) is 25.0 Å². The molecule has 0 atom stereocenters. The van der Waals surface area contributed by atoms with Crippen molar-refractivity contribution in [3.05, 3.63) is 35.4 Å². The predicted octanol–water partition coefficient (Wildman–Crippen LogP) is 1.89. The Kier molecular flexibility index (Phi) is 7.29. The normalized spacial score (nSPS) is 11.5. The van der Waals surface area contributed by atoms with Gasteiger partial charge in [-0.1, -0.05) is 32.9 Å². The number of amides is 1. The molecule has 5 nitrogen and oxygen atoms in total. The van der Waals surface area contributed by atoms with E-state index in [1.807, 2.05) is 25.1 Å². The first kappa shape index (κ1) is 17.0. The van der Waals surface area contributed by atoms with Gasteiger partial charge < -0.3 is 16.4 Å². The second-order valence-corrected chi connectivity index (χ2v) is 5.43. The largest absolute Gasteiger partial charge is 0.370 e. The summed E-state index contributed by atoms with van der Waals surface area (Å²) in [5.41, 5.74) is 7.42. The standard InChI is InChI=1S/C16H26N4O/c1-4-8-18-15(21)14-7-5-6-13(9-14)11-20-16(17)19-10-12(2)3/h5-7,9,12H,4,8,10-11H2,1-3H3,(H,18,21)(H3,17,19,20). The third kappa shape index (κ3) is 6.79. The lowest BCUT2D eigenvalue weighted by Gasteiger charge is -2.08. The summed E-state index contributed by atoms with van der Waals surface area (Å²) in [6.07, 6.45) is 0.924. The summed E-state index contributed by atoms with van der Waals surface area (Å²) in [4.78, 5) is 16.2. The van der Waals surface area contributed by atoms with Crippen molar-refractivity contribution in [1.29, 1.82) is 0 Å². The molecule has 0 saturated heterocycles. The van der Waals surface area contributed by atoms with Gasteiger partial charge in [0, 0.05) is 18.7 Å². The Hall–Kier alpha value is -2.04. The van der Waals surface area contributed by atoms with Crippen LogP contribution in [0.2, 0.25) is 0 Å². The van der Waals surface area contributed by atoms with Gasteiger partial charge in [-0.2, -0.15) is 0 Å². The van der Waals surface area contributed by atoms with Crippen LogP contribution >= 0.6 is 0 Å². The van der Waals surface area contributed by atoms with Gasteiger partial charge in [0.1, 0.15) is 0 Å². The molecule has 0 spiro atoms. The fourth-order valence-electron chi connectivity index (χ4n) is 1.69. The van der Waals surface area contributed by atoms with Gasteiger partial charge in [0.05, 0.1) is 6.54 Å². The number of hydrogen-bond acceptors (Lipinski definition) is 2. The highest BCUT2D eigenvalue weighted by Crippen LogP contribution is 2.06. The van der Waals surface area contributed by atoms with Crippen molar-refractivity contribution in [2.75, 3.05) is 13.1 Å². The van der Waals surface area contributed by atoms with E-state index in [1.54, 1.807) is 6.07 Å². The SMILES string of the molecule is CCCNC(=O)c1cccc(CN=C(N)NCC(C)C)c1. The molecule has 1 aromatic rings. The van der Waals surface area contributed by atoms with Crippen LogP contribution in [0.3, 0.4) is 0 Å². The number of benzene rings is 1.